The summed E-state index contributed by atoms with van der Waals surface area (Å²) in [5, 5.41) is 4.92. The fourth-order valence-corrected chi connectivity index (χ4v) is 2.09. The van der Waals surface area contributed by atoms with Crippen LogP contribution in [0.25, 0.3) is 11.3 Å². The second kappa shape index (κ2) is 3.00. The SMILES string of the molecule is Cn1ncc2c1-c1ccc(Cl)cc1CO2. The van der Waals surface area contributed by atoms with Crippen molar-refractivity contribution >= 4 is 11.6 Å². The summed E-state index contributed by atoms with van der Waals surface area (Å²) < 4.78 is 7.40. The van der Waals surface area contributed by atoms with E-state index in [-0.39, 0.29) is 0 Å². The molecule has 0 aliphatic carbocycles. The van der Waals surface area contributed by atoms with Crippen molar-refractivity contribution < 1.29 is 4.74 Å². The molecular formula is C11H9ClN2O. The number of aromatic nitrogens is 2. The van der Waals surface area contributed by atoms with Gasteiger partial charge in [-0.25, -0.2) is 0 Å². The van der Waals surface area contributed by atoms with Gasteiger partial charge in [0.25, 0.3) is 0 Å². The highest BCUT2D eigenvalue weighted by molar-refractivity contribution is 6.30. The van der Waals surface area contributed by atoms with Crippen LogP contribution in [0.1, 0.15) is 5.56 Å². The van der Waals surface area contributed by atoms with Crippen molar-refractivity contribution in [3.8, 4) is 17.0 Å². The lowest BCUT2D eigenvalue weighted by molar-refractivity contribution is 0.302. The molecule has 1 aromatic heterocycles. The first kappa shape index (κ1) is 8.80. The largest absolute Gasteiger partial charge is 0.485 e. The lowest BCUT2D eigenvalue weighted by Gasteiger charge is -2.18. The molecule has 0 N–H and O–H groups in total. The molecule has 0 unspecified atom stereocenters. The third-order valence-electron chi connectivity index (χ3n) is 2.61. The van der Waals surface area contributed by atoms with Crippen LogP contribution in [0, 0.1) is 0 Å². The van der Waals surface area contributed by atoms with Crippen molar-refractivity contribution in [3.05, 3.63) is 35.0 Å². The monoisotopic (exact) mass is 220 g/mol. The Morgan fingerprint density at radius 1 is 1.47 bits per heavy atom. The molecule has 15 heavy (non-hydrogen) atoms. The van der Waals surface area contributed by atoms with E-state index >= 15 is 0 Å². The van der Waals surface area contributed by atoms with Gasteiger partial charge < -0.3 is 4.74 Å². The van der Waals surface area contributed by atoms with E-state index in [4.69, 9.17) is 16.3 Å². The van der Waals surface area contributed by atoms with Crippen molar-refractivity contribution in [1.29, 1.82) is 0 Å². The zero-order chi connectivity index (χ0) is 10.4. The number of ether oxygens (including phenoxy) is 1. The lowest BCUT2D eigenvalue weighted by Crippen LogP contribution is -2.06. The number of hydrogen-bond acceptors (Lipinski definition) is 2. The lowest BCUT2D eigenvalue weighted by atomic mass is 10.0. The van der Waals surface area contributed by atoms with E-state index < -0.39 is 0 Å². The van der Waals surface area contributed by atoms with Gasteiger partial charge in [-0.15, -0.1) is 0 Å². The molecule has 2 aromatic rings. The standard InChI is InChI=1S/C11H9ClN2O/c1-14-11-9-3-2-8(12)4-7(9)6-15-10(11)5-13-14/h2-5H,6H2,1H3. The Kier molecular flexibility index (Phi) is 1.76. The van der Waals surface area contributed by atoms with Gasteiger partial charge in [0.2, 0.25) is 0 Å². The molecule has 0 saturated carbocycles. The highest BCUT2D eigenvalue weighted by atomic mass is 35.5. The highest BCUT2D eigenvalue weighted by Gasteiger charge is 2.20. The summed E-state index contributed by atoms with van der Waals surface area (Å²) in [6.07, 6.45) is 1.74. The van der Waals surface area contributed by atoms with Crippen molar-refractivity contribution in [2.24, 2.45) is 7.05 Å². The van der Waals surface area contributed by atoms with Crippen molar-refractivity contribution in [2.45, 2.75) is 6.61 Å². The quantitative estimate of drug-likeness (QED) is 0.683. The maximum absolute atomic E-state index is 5.94. The van der Waals surface area contributed by atoms with E-state index in [1.807, 2.05) is 29.9 Å². The Labute approximate surface area is 92.2 Å². The number of benzene rings is 1. The van der Waals surface area contributed by atoms with Crippen LogP contribution in [0.2, 0.25) is 5.02 Å². The van der Waals surface area contributed by atoms with Crippen LogP contribution in [0.15, 0.2) is 24.4 Å². The fourth-order valence-electron chi connectivity index (χ4n) is 1.90. The maximum Gasteiger partial charge on any atom is 0.165 e. The Hall–Kier alpha value is -1.48. The molecular weight excluding hydrogens is 212 g/mol. The molecule has 76 valence electrons. The number of fused-ring (bicyclic) bond motifs is 3. The molecule has 0 radical (unpaired) electrons. The minimum atomic E-state index is 0.564. The molecule has 2 heterocycles. The summed E-state index contributed by atoms with van der Waals surface area (Å²) in [6.45, 7) is 0.564. The second-order valence-electron chi connectivity index (χ2n) is 3.57. The van der Waals surface area contributed by atoms with Crippen molar-refractivity contribution in [2.75, 3.05) is 0 Å². The highest BCUT2D eigenvalue weighted by Crippen LogP contribution is 2.37. The van der Waals surface area contributed by atoms with E-state index in [0.29, 0.717) is 6.61 Å². The molecule has 3 nitrogen and oxygen atoms in total. The maximum atomic E-state index is 5.94. The number of hydrogen-bond donors (Lipinski definition) is 0. The normalized spacial score (nSPS) is 12.9. The summed E-state index contributed by atoms with van der Waals surface area (Å²) >= 11 is 5.94. The zero-order valence-corrected chi connectivity index (χ0v) is 8.95. The Balaban J connectivity index is 2.29. The fraction of sp³-hybridized carbons (Fsp3) is 0.182. The number of nitrogens with zero attached hydrogens (tertiary/aromatic N) is 2. The second-order valence-corrected chi connectivity index (χ2v) is 4.01. The van der Waals surface area contributed by atoms with E-state index in [2.05, 4.69) is 5.10 Å². The molecule has 0 fully saturated rings. The van der Waals surface area contributed by atoms with Gasteiger partial charge in [-0.1, -0.05) is 17.7 Å². The summed E-state index contributed by atoms with van der Waals surface area (Å²) in [5.74, 6) is 0.840. The third-order valence-corrected chi connectivity index (χ3v) is 2.85. The van der Waals surface area contributed by atoms with Gasteiger partial charge in [0.1, 0.15) is 12.3 Å². The first-order valence-electron chi connectivity index (χ1n) is 4.69. The van der Waals surface area contributed by atoms with Crippen molar-refractivity contribution in [1.82, 2.24) is 9.78 Å². The van der Waals surface area contributed by atoms with Gasteiger partial charge in [-0.2, -0.15) is 5.10 Å². The predicted molar refractivity (Wildman–Crippen MR) is 58.0 cm³/mol. The molecule has 4 heteroatoms. The molecule has 0 atom stereocenters. The summed E-state index contributed by atoms with van der Waals surface area (Å²) in [4.78, 5) is 0. The first-order valence-corrected chi connectivity index (χ1v) is 5.07. The van der Waals surface area contributed by atoms with Gasteiger partial charge >= 0.3 is 0 Å². The van der Waals surface area contributed by atoms with Gasteiger partial charge in [0.05, 0.1) is 6.20 Å². The number of rotatable bonds is 0. The van der Waals surface area contributed by atoms with Crippen LogP contribution in [0.3, 0.4) is 0 Å². The smallest absolute Gasteiger partial charge is 0.165 e. The molecule has 1 aromatic carbocycles. The average Bonchev–Trinajstić information content (AvgIpc) is 2.60. The summed E-state index contributed by atoms with van der Waals surface area (Å²) in [7, 11) is 1.91. The molecule has 0 saturated heterocycles. The zero-order valence-electron chi connectivity index (χ0n) is 8.20. The Bertz CT molecular complexity index is 533. The minimum absolute atomic E-state index is 0.564. The Morgan fingerprint density at radius 3 is 3.20 bits per heavy atom. The number of halogens is 1. The molecule has 0 bridgehead atoms. The third kappa shape index (κ3) is 1.23. The van der Waals surface area contributed by atoms with E-state index in [1.54, 1.807) is 6.20 Å². The average molecular weight is 221 g/mol. The van der Waals surface area contributed by atoms with Crippen LogP contribution < -0.4 is 4.74 Å². The van der Waals surface area contributed by atoms with Gasteiger partial charge in [-0.05, 0) is 12.1 Å². The number of aryl methyl sites for hydroxylation is 1. The Morgan fingerprint density at radius 2 is 2.33 bits per heavy atom. The van der Waals surface area contributed by atoms with E-state index in [0.717, 1.165) is 27.6 Å². The molecule has 1 aliphatic heterocycles. The molecule has 0 amide bonds. The van der Waals surface area contributed by atoms with Crippen molar-refractivity contribution in [3.63, 3.8) is 0 Å². The van der Waals surface area contributed by atoms with Gasteiger partial charge in [-0.3, -0.25) is 4.68 Å². The molecule has 0 spiro atoms. The van der Waals surface area contributed by atoms with Crippen LogP contribution in [0.4, 0.5) is 0 Å². The van der Waals surface area contributed by atoms with Crippen LogP contribution in [0.5, 0.6) is 5.75 Å². The summed E-state index contributed by atoms with van der Waals surface area (Å²) in [5.41, 5.74) is 3.28. The minimum Gasteiger partial charge on any atom is -0.485 e. The first-order chi connectivity index (χ1) is 7.25. The summed E-state index contributed by atoms with van der Waals surface area (Å²) in [6, 6.07) is 5.84. The molecule has 3 rings (SSSR count). The van der Waals surface area contributed by atoms with Crippen LogP contribution >= 0.6 is 11.6 Å². The van der Waals surface area contributed by atoms with Crippen LogP contribution in [-0.4, -0.2) is 9.78 Å². The molecule has 1 aliphatic rings. The van der Waals surface area contributed by atoms with Gasteiger partial charge in [0, 0.05) is 23.2 Å². The van der Waals surface area contributed by atoms with E-state index in [9.17, 15) is 0 Å². The predicted octanol–water partition coefficient (Wildman–Crippen LogP) is 2.63. The van der Waals surface area contributed by atoms with E-state index in [1.165, 1.54) is 0 Å². The topological polar surface area (TPSA) is 27.1 Å². The van der Waals surface area contributed by atoms with Gasteiger partial charge in [0.15, 0.2) is 5.75 Å². The van der Waals surface area contributed by atoms with Crippen LogP contribution in [-0.2, 0) is 13.7 Å².